The predicted octanol–water partition coefficient (Wildman–Crippen LogP) is 9.06. The van der Waals surface area contributed by atoms with Crippen molar-refractivity contribution in [2.45, 2.75) is 288 Å². The van der Waals surface area contributed by atoms with E-state index in [0.29, 0.717) is 32.7 Å². The highest BCUT2D eigenvalue weighted by Crippen LogP contribution is 2.46. The molecule has 13 amide bonds. The molecule has 43 nitrogen and oxygen atoms in total. The number of likely N-dealkylation sites (N-methyl/N-ethyl adjacent to an activating group) is 1. The number of aryl methyl sites for hydroxylation is 10. The van der Waals surface area contributed by atoms with Crippen LogP contribution in [-0.2, 0) is 211 Å². The van der Waals surface area contributed by atoms with Gasteiger partial charge in [-0.2, -0.15) is 25.5 Å². The average Bonchev–Trinajstić information content (AvgIpc) is 1.63. The second-order valence-electron chi connectivity index (χ2n) is 41.0. The van der Waals surface area contributed by atoms with Gasteiger partial charge < -0.3 is 51.6 Å². The van der Waals surface area contributed by atoms with Crippen LogP contribution in [0.2, 0.25) is 0 Å². The molecule has 15 aliphatic rings. The van der Waals surface area contributed by atoms with Crippen LogP contribution in [0.3, 0.4) is 0 Å². The molecule has 2 unspecified atom stereocenters. The Balaban J connectivity index is 0.000000109. The lowest BCUT2D eigenvalue weighted by Gasteiger charge is -2.31. The summed E-state index contributed by atoms with van der Waals surface area (Å²) in [7, 11) is -19.6. The Morgan fingerprint density at radius 2 is 0.638 bits per heavy atom. The van der Waals surface area contributed by atoms with Gasteiger partial charge in [-0.1, -0.05) is 30.3 Å². The second-order valence-corrected chi connectivity index (χ2v) is 49.3. The third kappa shape index (κ3) is 19.9. The lowest BCUT2D eigenvalue weighted by atomic mass is 9.99. The molecule has 0 fully saturated rings. The van der Waals surface area contributed by atoms with E-state index < -0.39 is 115 Å². The van der Waals surface area contributed by atoms with Crippen LogP contribution in [0.4, 0.5) is 61.2 Å². The molecule has 788 valence electrons. The lowest BCUT2D eigenvalue weighted by molar-refractivity contribution is 0.0410. The van der Waals surface area contributed by atoms with Gasteiger partial charge in [-0.25, -0.2) is 108 Å². The predicted molar refractivity (Wildman–Crippen MR) is 537 cm³/mol. The summed E-state index contributed by atoms with van der Waals surface area (Å²) in [6, 6.07) is 7.08. The number of sulfonamides is 5. The quantitative estimate of drug-likeness (QED) is 0.0455. The zero-order valence-corrected chi connectivity index (χ0v) is 86.4. The number of hydrogen-bond acceptors (Lipinski definition) is 25. The van der Waals surface area contributed by atoms with E-state index in [1.807, 2.05) is 23.3 Å². The Bertz CT molecular complexity index is 7800. The maximum absolute atomic E-state index is 14.1. The van der Waals surface area contributed by atoms with Gasteiger partial charge in [-0.15, -0.1) is 0 Å². The number of fused-ring (bicyclic) bond motifs is 15. The van der Waals surface area contributed by atoms with Crippen LogP contribution in [0.25, 0.3) is 0 Å². The van der Waals surface area contributed by atoms with E-state index in [2.05, 4.69) is 107 Å². The molecule has 2 atom stereocenters. The molecule has 0 spiro atoms. The molecule has 10 heterocycles. The Kier molecular flexibility index (Phi) is 26.6. The number of amides is 13. The van der Waals surface area contributed by atoms with E-state index in [-0.39, 0.29) is 79.6 Å². The Labute approximate surface area is 857 Å². The van der Waals surface area contributed by atoms with Crippen molar-refractivity contribution in [3.8, 4) is 11.8 Å². The molecule has 0 saturated carbocycles. The van der Waals surface area contributed by atoms with Gasteiger partial charge in [0.05, 0.1) is 69.2 Å². The van der Waals surface area contributed by atoms with E-state index in [4.69, 9.17) is 9.47 Å². The Hall–Kier alpha value is -13.9. The molecule has 10 aromatic rings. The molecule has 25 rings (SSSR count). The van der Waals surface area contributed by atoms with E-state index >= 15 is 0 Å². The molecule has 0 radical (unpaired) electrons. The molecule has 0 saturated heterocycles. The number of carbonyl (C=O) groups excluding carboxylic acids is 8. The van der Waals surface area contributed by atoms with Crippen molar-refractivity contribution in [3.05, 3.63) is 190 Å². The SMILES string of the molecule is CC1(C)Cn2ncc(S(=O)(=O)NC(=O)Nc3c4c(cc5c3CCC5)CCC4)c2C(=O)N1.CC1(F)COc2c(S(=O)(=O)NC(=O)Nc3c4c(cc5c3CCC5)CCC4)cnn2C1.CN1CCn2ncc(S(=O)(=O)NC(=O)Nc3c4c(cc5c3CCC5)CCC4)c2C1=O.O=C(Nc1c2c(cc3c1CCC3)CCC2)NS(=O)(=O)c1cnn2c1C(=O)NCC2.O=C(Nc1c2c(cc3c1CCC3)CCC2)NS(=O)(=O)c1cnn2c1OCC(F)C2. The molecule has 50 heteroatoms. The van der Waals surface area contributed by atoms with Gasteiger partial charge in [0.2, 0.25) is 11.8 Å². The average molecular weight is 2140 g/mol. The highest BCUT2D eigenvalue weighted by Gasteiger charge is 2.44. The van der Waals surface area contributed by atoms with Crippen molar-refractivity contribution < 1.29 is 98.7 Å². The van der Waals surface area contributed by atoms with Crippen LogP contribution in [0.1, 0.15) is 228 Å². The fourth-order valence-corrected chi connectivity index (χ4v) is 28.6. The second kappa shape index (κ2) is 39.2. The van der Waals surface area contributed by atoms with Gasteiger partial charge in [-0.05, 0) is 325 Å². The smallest absolute Gasteiger partial charge is 0.333 e. The molecule has 149 heavy (non-hydrogen) atoms. The number of urea groups is 5. The summed E-state index contributed by atoms with van der Waals surface area (Å²) in [5, 5.41) is 39.2. The number of alkyl halides is 2. The first-order valence-corrected chi connectivity index (χ1v) is 57.8. The molecule has 5 aromatic carbocycles. The largest absolute Gasteiger partial charge is 0.474 e. The first-order valence-electron chi connectivity index (χ1n) is 50.3. The number of rotatable bonds is 15. The zero-order chi connectivity index (χ0) is 104. The van der Waals surface area contributed by atoms with Crippen LogP contribution < -0.4 is 70.3 Å². The fraction of sp³-hybridized carbons (Fsp3) is 0.465. The van der Waals surface area contributed by atoms with Crippen molar-refractivity contribution in [2.24, 2.45) is 0 Å². The number of benzene rings is 5. The number of halogens is 2. The molecule has 5 aromatic heterocycles. The van der Waals surface area contributed by atoms with Crippen LogP contribution in [0.15, 0.2) is 85.8 Å². The zero-order valence-electron chi connectivity index (χ0n) is 82.3. The third-order valence-electron chi connectivity index (χ3n) is 30.1. The topological polar surface area (TPSA) is 562 Å². The number of anilines is 5. The minimum Gasteiger partial charge on any atom is -0.474 e. The number of ether oxygens (including phenoxy) is 2. The Morgan fingerprint density at radius 1 is 0.356 bits per heavy atom. The van der Waals surface area contributed by atoms with Gasteiger partial charge >= 0.3 is 30.2 Å². The number of nitrogens with zero attached hydrogens (tertiary/aromatic N) is 11. The molecule has 0 bridgehead atoms. The van der Waals surface area contributed by atoms with Crippen LogP contribution in [0, 0.1) is 0 Å². The van der Waals surface area contributed by atoms with Gasteiger partial charge in [0.15, 0.2) is 21.6 Å². The van der Waals surface area contributed by atoms with E-state index in [1.54, 1.807) is 7.05 Å². The van der Waals surface area contributed by atoms with Crippen LogP contribution in [0.5, 0.6) is 11.8 Å². The van der Waals surface area contributed by atoms with Crippen molar-refractivity contribution in [2.75, 3.05) is 59.9 Å². The highest BCUT2D eigenvalue weighted by molar-refractivity contribution is 7.91. The standard InChI is InChI=1S/C21H25N5O4S.C20H23FN4O4S.C20H23N5O4S.C19H21FN4O4S.C19H21N5O4S/c1-21(2)11-26-18(19(27)24-21)16(10-22-26)31(29,30)25-20(28)23-17-14-7-3-5-12(14)9-13-6-4-8-15(13)17;1-20(21)10-25-18(29-11-20)16(9-22-25)30(27,28)24-19(26)23-17-14-6-2-4-12(14)8-13-5-3-7-15(13)17;1-24-8-9-25-18(19(24)26)16(11-21-25)30(28,29)23-20(27)22-17-14-6-2-4-12(14)10-13-5-3-7-15(13)17;20-13-9-24-18(28-10-13)16(8-21-24)29(26,27)23-19(25)22-17-14-5-1-3-11(14)7-12-4-2-6-15(12)17;25-18-17-15(10-21-24(17)8-7-20-18)29(27,28)23-19(26)22-16-13-5-1-3-11(13)9-12-4-2-6-14(12)16/h9-10H,3-8,11H2,1-2H3,(H,24,27)(H2,23,25,28);8-9H,2-7,10-11H2,1H3,(H2,23,24,26);10-11H,2-9H2,1H3,(H2,22,23,27);7-8,13H,1-6,9-10H2,(H2,22,23,25);9-10H,1-8H2,(H,20,25)(H2,22,23,26). The summed E-state index contributed by atoms with van der Waals surface area (Å²) < 4.78 is 183. The molecular weight excluding hydrogens is 2030 g/mol. The Morgan fingerprint density at radius 3 is 0.980 bits per heavy atom. The number of aromatic nitrogens is 10. The first kappa shape index (κ1) is 101. The monoisotopic (exact) mass is 2140 g/mol. The van der Waals surface area contributed by atoms with Crippen molar-refractivity contribution in [1.82, 2.24) is 88.0 Å². The minimum absolute atomic E-state index is 0.0226. The summed E-state index contributed by atoms with van der Waals surface area (Å²) in [5.74, 6) is -1.60. The molecular formula is C99H113F2N23O20S5. The number of hydrogen-bond donors (Lipinski definition) is 12. The number of carbonyl (C=O) groups is 8. The van der Waals surface area contributed by atoms with Gasteiger partial charge in [0.25, 0.3) is 67.8 Å². The normalized spacial score (nSPS) is 19.1. The molecule has 12 N–H and O–H groups in total. The van der Waals surface area contributed by atoms with Gasteiger partial charge in [0.1, 0.15) is 45.0 Å². The van der Waals surface area contributed by atoms with E-state index in [1.165, 1.54) is 81.5 Å². The van der Waals surface area contributed by atoms with Crippen molar-refractivity contribution >= 4 is 126 Å². The van der Waals surface area contributed by atoms with Gasteiger partial charge in [0, 0.05) is 48.6 Å². The summed E-state index contributed by atoms with van der Waals surface area (Å²) >= 11 is 0. The highest BCUT2D eigenvalue weighted by atomic mass is 32.2. The number of nitrogens with one attached hydrogen (secondary N) is 12. The molecule has 10 aliphatic carbocycles. The lowest BCUT2D eigenvalue weighted by Crippen LogP contribution is -2.52. The van der Waals surface area contributed by atoms with Crippen LogP contribution >= 0.6 is 0 Å². The maximum atomic E-state index is 14.1. The fourth-order valence-electron chi connectivity index (χ4n) is 23.5. The summed E-state index contributed by atoms with van der Waals surface area (Å²) in [6.45, 7) is 6.22. The minimum atomic E-state index is -4.28. The molecule has 5 aliphatic heterocycles. The van der Waals surface area contributed by atoms with E-state index in [0.717, 1.165) is 317 Å². The van der Waals surface area contributed by atoms with Crippen LogP contribution in [-0.4, -0.2) is 194 Å². The summed E-state index contributed by atoms with van der Waals surface area (Å²) in [5.41, 5.74) is 25.0. The summed E-state index contributed by atoms with van der Waals surface area (Å²) in [6.07, 6.45) is 33.1. The van der Waals surface area contributed by atoms with Crippen molar-refractivity contribution in [3.63, 3.8) is 0 Å². The maximum Gasteiger partial charge on any atom is 0.333 e. The van der Waals surface area contributed by atoms with E-state index in [9.17, 15) is 89.2 Å². The first-order chi connectivity index (χ1) is 71.1. The summed E-state index contributed by atoms with van der Waals surface area (Å²) in [4.78, 5) is 100. The van der Waals surface area contributed by atoms with Gasteiger partial charge in [-0.3, -0.25) is 28.4 Å². The third-order valence-corrected chi connectivity index (χ3v) is 36.7. The van der Waals surface area contributed by atoms with Crippen molar-refractivity contribution in [1.29, 1.82) is 0 Å².